The van der Waals surface area contributed by atoms with Crippen LogP contribution in [0.15, 0.2) is 28.7 Å². The Balaban J connectivity index is 2.04. The Bertz CT molecular complexity index is 432. The van der Waals surface area contributed by atoms with Crippen LogP contribution in [0.25, 0.3) is 0 Å². The summed E-state index contributed by atoms with van der Waals surface area (Å²) in [5, 5.41) is 0. The summed E-state index contributed by atoms with van der Waals surface area (Å²) in [6.45, 7) is 6.51. The number of halogens is 1. The van der Waals surface area contributed by atoms with Gasteiger partial charge in [-0.15, -0.1) is 0 Å². The summed E-state index contributed by atoms with van der Waals surface area (Å²) in [6, 6.07) is 7.49. The lowest BCUT2D eigenvalue weighted by Gasteiger charge is -2.35. The van der Waals surface area contributed by atoms with Crippen molar-refractivity contribution in [1.29, 1.82) is 0 Å². The van der Waals surface area contributed by atoms with E-state index in [2.05, 4.69) is 27.8 Å². The van der Waals surface area contributed by atoms with Crippen molar-refractivity contribution < 1.29 is 9.53 Å². The number of carbonyl (C=O) groups excluding carboxylic acids is 1. The zero-order valence-corrected chi connectivity index (χ0v) is 13.0. The van der Waals surface area contributed by atoms with E-state index in [1.54, 1.807) is 0 Å². The lowest BCUT2D eigenvalue weighted by Crippen LogP contribution is -2.49. The molecule has 104 valence electrons. The van der Waals surface area contributed by atoms with Gasteiger partial charge in [-0.05, 0) is 25.5 Å². The number of benzene rings is 1. The van der Waals surface area contributed by atoms with Gasteiger partial charge in [0.1, 0.15) is 0 Å². The largest absolute Gasteiger partial charge is 0.376 e. The molecular formula is C15H20BrNO2. The van der Waals surface area contributed by atoms with Crippen molar-refractivity contribution in [2.45, 2.75) is 32.4 Å². The van der Waals surface area contributed by atoms with Gasteiger partial charge in [0.2, 0.25) is 0 Å². The van der Waals surface area contributed by atoms with Crippen LogP contribution in [-0.4, -0.2) is 42.5 Å². The molecule has 1 fully saturated rings. The molecule has 0 amide bonds. The van der Waals surface area contributed by atoms with Crippen LogP contribution in [0, 0.1) is 0 Å². The van der Waals surface area contributed by atoms with Crippen LogP contribution in [0.3, 0.4) is 0 Å². The summed E-state index contributed by atoms with van der Waals surface area (Å²) < 4.78 is 6.64. The van der Waals surface area contributed by atoms with Gasteiger partial charge in [-0.3, -0.25) is 9.69 Å². The average molecular weight is 326 g/mol. The van der Waals surface area contributed by atoms with E-state index in [1.807, 2.05) is 31.2 Å². The molecule has 1 saturated heterocycles. The molecule has 2 rings (SSSR count). The molecule has 0 N–H and O–H groups in total. The van der Waals surface area contributed by atoms with Crippen LogP contribution < -0.4 is 0 Å². The first-order chi connectivity index (χ1) is 9.11. The molecule has 2 unspecified atom stereocenters. The zero-order valence-electron chi connectivity index (χ0n) is 11.4. The van der Waals surface area contributed by atoms with E-state index in [1.165, 1.54) is 0 Å². The number of Topliss-reactive ketones (excluding diaryl/α,β-unsaturated/α-hetero) is 1. The Kier molecular flexibility index (Phi) is 5.13. The quantitative estimate of drug-likeness (QED) is 0.796. The second-order valence-corrected chi connectivity index (χ2v) is 5.86. The van der Waals surface area contributed by atoms with E-state index in [0.29, 0.717) is 0 Å². The normalized spacial score (nSPS) is 22.2. The van der Waals surface area contributed by atoms with Gasteiger partial charge in [0, 0.05) is 23.1 Å². The topological polar surface area (TPSA) is 29.5 Å². The number of carbonyl (C=O) groups is 1. The monoisotopic (exact) mass is 325 g/mol. The Labute approximate surface area is 123 Å². The van der Waals surface area contributed by atoms with Crippen molar-refractivity contribution in [2.24, 2.45) is 0 Å². The number of nitrogens with zero attached hydrogens (tertiary/aromatic N) is 1. The highest BCUT2D eigenvalue weighted by atomic mass is 79.9. The van der Waals surface area contributed by atoms with Gasteiger partial charge in [0.15, 0.2) is 5.78 Å². The molecule has 0 aliphatic carbocycles. The molecule has 0 radical (unpaired) electrons. The van der Waals surface area contributed by atoms with Crippen molar-refractivity contribution in [1.82, 2.24) is 4.90 Å². The molecule has 1 aliphatic heterocycles. The molecule has 19 heavy (non-hydrogen) atoms. The van der Waals surface area contributed by atoms with Crippen LogP contribution in [0.5, 0.6) is 0 Å². The molecule has 1 heterocycles. The molecule has 0 bridgehead atoms. The average Bonchev–Trinajstić information content (AvgIpc) is 2.46. The van der Waals surface area contributed by atoms with Crippen molar-refractivity contribution in [3.63, 3.8) is 0 Å². The molecule has 0 spiro atoms. The molecule has 0 aromatic heterocycles. The summed E-state index contributed by atoms with van der Waals surface area (Å²) >= 11 is 3.39. The highest BCUT2D eigenvalue weighted by Crippen LogP contribution is 2.17. The van der Waals surface area contributed by atoms with Gasteiger partial charge >= 0.3 is 0 Å². The van der Waals surface area contributed by atoms with Gasteiger partial charge in [0.25, 0.3) is 0 Å². The standard InChI is InChI=1S/C15H20BrNO2/c1-3-14-10-17(8-9-19-14)11(2)15(18)12-4-6-13(16)7-5-12/h4-7,11,14H,3,8-10H2,1-2H3. The van der Waals surface area contributed by atoms with E-state index in [-0.39, 0.29) is 17.9 Å². The highest BCUT2D eigenvalue weighted by Gasteiger charge is 2.27. The smallest absolute Gasteiger partial charge is 0.179 e. The van der Waals surface area contributed by atoms with Crippen LogP contribution in [-0.2, 0) is 4.74 Å². The summed E-state index contributed by atoms with van der Waals surface area (Å²) in [4.78, 5) is 14.7. The summed E-state index contributed by atoms with van der Waals surface area (Å²) in [6.07, 6.45) is 1.25. The second kappa shape index (κ2) is 6.64. The number of morpholine rings is 1. The molecule has 4 heteroatoms. The Morgan fingerprint density at radius 1 is 1.47 bits per heavy atom. The fraction of sp³-hybridized carbons (Fsp3) is 0.533. The minimum absolute atomic E-state index is 0.0841. The number of rotatable bonds is 4. The Hall–Kier alpha value is -0.710. The maximum absolute atomic E-state index is 12.5. The predicted molar refractivity (Wildman–Crippen MR) is 79.5 cm³/mol. The predicted octanol–water partition coefficient (Wildman–Crippen LogP) is 3.13. The number of hydrogen-bond donors (Lipinski definition) is 0. The van der Waals surface area contributed by atoms with Crippen molar-refractivity contribution in [3.05, 3.63) is 34.3 Å². The maximum Gasteiger partial charge on any atom is 0.179 e. The van der Waals surface area contributed by atoms with Crippen molar-refractivity contribution >= 4 is 21.7 Å². The van der Waals surface area contributed by atoms with E-state index >= 15 is 0 Å². The van der Waals surface area contributed by atoms with Gasteiger partial charge in [-0.2, -0.15) is 0 Å². The first-order valence-corrected chi connectivity index (χ1v) is 7.56. The minimum atomic E-state index is -0.0841. The Morgan fingerprint density at radius 3 is 2.79 bits per heavy atom. The van der Waals surface area contributed by atoms with Crippen molar-refractivity contribution in [2.75, 3.05) is 19.7 Å². The highest BCUT2D eigenvalue weighted by molar-refractivity contribution is 9.10. The zero-order chi connectivity index (χ0) is 13.8. The number of ether oxygens (including phenoxy) is 1. The molecule has 2 atom stereocenters. The van der Waals surface area contributed by atoms with E-state index in [0.717, 1.165) is 36.2 Å². The fourth-order valence-electron chi connectivity index (χ4n) is 2.36. The molecule has 1 aromatic carbocycles. The lowest BCUT2D eigenvalue weighted by atomic mass is 10.0. The van der Waals surface area contributed by atoms with Crippen LogP contribution >= 0.6 is 15.9 Å². The van der Waals surface area contributed by atoms with Gasteiger partial charge in [-0.25, -0.2) is 0 Å². The Morgan fingerprint density at radius 2 is 2.16 bits per heavy atom. The van der Waals surface area contributed by atoms with Crippen molar-refractivity contribution in [3.8, 4) is 0 Å². The van der Waals surface area contributed by atoms with Gasteiger partial charge in [0.05, 0.1) is 18.8 Å². The molecule has 1 aromatic rings. The molecule has 3 nitrogen and oxygen atoms in total. The SMILES string of the molecule is CCC1CN(C(C)C(=O)c2ccc(Br)cc2)CCO1. The first kappa shape index (κ1) is 14.7. The van der Waals surface area contributed by atoms with Crippen LogP contribution in [0.2, 0.25) is 0 Å². The third-order valence-electron chi connectivity index (χ3n) is 3.68. The minimum Gasteiger partial charge on any atom is -0.376 e. The maximum atomic E-state index is 12.5. The molecule has 1 aliphatic rings. The molecule has 0 saturated carbocycles. The van der Waals surface area contributed by atoms with Gasteiger partial charge < -0.3 is 4.74 Å². The van der Waals surface area contributed by atoms with Crippen LogP contribution in [0.4, 0.5) is 0 Å². The summed E-state index contributed by atoms with van der Waals surface area (Å²) in [5.74, 6) is 0.184. The molecular weight excluding hydrogens is 306 g/mol. The first-order valence-electron chi connectivity index (χ1n) is 6.77. The fourth-order valence-corrected chi connectivity index (χ4v) is 2.63. The van der Waals surface area contributed by atoms with E-state index in [9.17, 15) is 4.79 Å². The second-order valence-electron chi connectivity index (χ2n) is 4.94. The number of ketones is 1. The van der Waals surface area contributed by atoms with Gasteiger partial charge in [-0.1, -0.05) is 35.0 Å². The summed E-state index contributed by atoms with van der Waals surface area (Å²) in [5.41, 5.74) is 0.773. The van der Waals surface area contributed by atoms with E-state index < -0.39 is 0 Å². The van der Waals surface area contributed by atoms with E-state index in [4.69, 9.17) is 4.74 Å². The summed E-state index contributed by atoms with van der Waals surface area (Å²) in [7, 11) is 0. The third-order valence-corrected chi connectivity index (χ3v) is 4.21. The third kappa shape index (κ3) is 3.65. The number of hydrogen-bond acceptors (Lipinski definition) is 3. The lowest BCUT2D eigenvalue weighted by molar-refractivity contribution is -0.0382. The van der Waals surface area contributed by atoms with Crippen LogP contribution in [0.1, 0.15) is 30.6 Å².